The zero-order chi connectivity index (χ0) is 21.1. The monoisotopic (exact) mass is 424 g/mol. The Kier molecular flexibility index (Phi) is 6.23. The number of nitrogens with zero attached hydrogens (tertiary/aromatic N) is 1. The number of carbonyl (C=O) groups is 2. The summed E-state index contributed by atoms with van der Waals surface area (Å²) in [7, 11) is 1.55. The van der Waals surface area contributed by atoms with Crippen LogP contribution >= 0.6 is 11.3 Å². The summed E-state index contributed by atoms with van der Waals surface area (Å²) in [6, 6.07) is 11.3. The number of carbonyl (C=O) groups excluding carboxylic acids is 2. The Morgan fingerprint density at radius 3 is 2.60 bits per heavy atom. The van der Waals surface area contributed by atoms with E-state index in [1.54, 1.807) is 23.3 Å². The molecule has 2 heterocycles. The number of benzene rings is 1. The zero-order valence-corrected chi connectivity index (χ0v) is 18.3. The Hall–Kier alpha value is -2.60. The number of nitrogens with one attached hydrogen (secondary N) is 1. The Balaban J connectivity index is 1.74. The number of fused-ring (bicyclic) bond motifs is 1. The van der Waals surface area contributed by atoms with Crippen LogP contribution in [0.25, 0.3) is 5.57 Å². The lowest BCUT2D eigenvalue weighted by atomic mass is 10.0. The molecule has 6 heteroatoms. The summed E-state index contributed by atoms with van der Waals surface area (Å²) >= 11 is 1.58. The fraction of sp³-hybridized carbons (Fsp3) is 0.417. The average Bonchev–Trinajstić information content (AvgIpc) is 3.45. The van der Waals surface area contributed by atoms with E-state index in [1.165, 1.54) is 0 Å². The first kappa shape index (κ1) is 20.7. The zero-order valence-electron chi connectivity index (χ0n) is 17.5. The Bertz CT molecular complexity index is 944. The molecule has 1 aliphatic carbocycles. The number of rotatable bonds is 6. The third kappa shape index (κ3) is 3.76. The van der Waals surface area contributed by atoms with Crippen molar-refractivity contribution in [3.63, 3.8) is 0 Å². The van der Waals surface area contributed by atoms with Gasteiger partial charge >= 0.3 is 0 Å². The van der Waals surface area contributed by atoms with Crippen LogP contribution in [0.3, 0.4) is 0 Å². The van der Waals surface area contributed by atoms with Crippen molar-refractivity contribution in [2.45, 2.75) is 57.7 Å². The maximum atomic E-state index is 13.7. The van der Waals surface area contributed by atoms with Gasteiger partial charge in [0.15, 0.2) is 5.76 Å². The van der Waals surface area contributed by atoms with Gasteiger partial charge in [-0.1, -0.05) is 50.1 Å². The maximum Gasteiger partial charge on any atom is 0.290 e. The summed E-state index contributed by atoms with van der Waals surface area (Å²) in [5.41, 5.74) is 2.84. The van der Waals surface area contributed by atoms with E-state index in [4.69, 9.17) is 4.74 Å². The van der Waals surface area contributed by atoms with Crippen molar-refractivity contribution in [2.75, 3.05) is 7.11 Å². The highest BCUT2D eigenvalue weighted by atomic mass is 32.1. The number of ether oxygens (including phenoxy) is 1. The summed E-state index contributed by atoms with van der Waals surface area (Å²) in [5, 5.41) is 5.09. The quantitative estimate of drug-likeness (QED) is 0.734. The minimum absolute atomic E-state index is 0.0547. The van der Waals surface area contributed by atoms with Gasteiger partial charge < -0.3 is 15.0 Å². The lowest BCUT2D eigenvalue weighted by molar-refractivity contribution is -0.142. The summed E-state index contributed by atoms with van der Waals surface area (Å²) in [6.07, 6.45) is 4.68. The van der Waals surface area contributed by atoms with Crippen molar-refractivity contribution in [1.29, 1.82) is 0 Å². The summed E-state index contributed by atoms with van der Waals surface area (Å²) in [4.78, 5) is 30.0. The van der Waals surface area contributed by atoms with Gasteiger partial charge in [-0.15, -0.1) is 11.3 Å². The van der Waals surface area contributed by atoms with Gasteiger partial charge in [-0.2, -0.15) is 0 Å². The summed E-state index contributed by atoms with van der Waals surface area (Å²) in [6.45, 7) is 2.47. The van der Waals surface area contributed by atoms with Crippen molar-refractivity contribution >= 4 is 28.7 Å². The van der Waals surface area contributed by atoms with Crippen LogP contribution in [-0.4, -0.2) is 29.9 Å². The van der Waals surface area contributed by atoms with Crippen LogP contribution in [0.1, 0.15) is 61.1 Å². The van der Waals surface area contributed by atoms with Crippen LogP contribution in [0.15, 0.2) is 47.5 Å². The smallest absolute Gasteiger partial charge is 0.290 e. The molecule has 1 aromatic heterocycles. The van der Waals surface area contributed by atoms with Crippen LogP contribution in [0.2, 0.25) is 0 Å². The largest absolute Gasteiger partial charge is 0.491 e. The number of amides is 2. The standard InChI is InChI=1S/C24H28N2O3S/c1-3-18-21(29-2)24(28)26(17-11-7-8-12-17)20(19-13-14-30-22(18)19)23(27)25-15-16-9-5-4-6-10-16/h4-6,9-10,13-14,17,20H,3,7-8,11-12,15H2,1-2H3,(H,25,27). The Morgan fingerprint density at radius 2 is 1.93 bits per heavy atom. The molecule has 0 saturated heterocycles. The van der Waals surface area contributed by atoms with Crippen LogP contribution in [-0.2, 0) is 20.9 Å². The van der Waals surface area contributed by atoms with Gasteiger partial charge in [0.1, 0.15) is 6.04 Å². The van der Waals surface area contributed by atoms with Crippen molar-refractivity contribution in [3.05, 3.63) is 63.5 Å². The normalized spacial score (nSPS) is 19.6. The molecule has 1 aromatic carbocycles. The fourth-order valence-corrected chi connectivity index (χ4v) is 5.68. The average molecular weight is 425 g/mol. The van der Waals surface area contributed by atoms with E-state index >= 15 is 0 Å². The van der Waals surface area contributed by atoms with E-state index in [9.17, 15) is 9.59 Å². The third-order valence-electron chi connectivity index (χ3n) is 6.08. The molecule has 2 amide bonds. The number of hydrogen-bond donors (Lipinski definition) is 1. The van der Waals surface area contributed by atoms with Crippen LogP contribution in [0.5, 0.6) is 0 Å². The van der Waals surface area contributed by atoms with E-state index in [2.05, 4.69) is 5.32 Å². The van der Waals surface area contributed by atoms with Crippen molar-refractivity contribution in [3.8, 4) is 0 Å². The van der Waals surface area contributed by atoms with Gasteiger partial charge in [0, 0.05) is 28.6 Å². The van der Waals surface area contributed by atoms with E-state index < -0.39 is 6.04 Å². The molecule has 1 aliphatic heterocycles. The van der Waals surface area contributed by atoms with Gasteiger partial charge in [-0.05, 0) is 36.3 Å². The first-order chi connectivity index (χ1) is 14.7. The van der Waals surface area contributed by atoms with E-state index in [0.717, 1.165) is 47.3 Å². The van der Waals surface area contributed by atoms with Gasteiger partial charge in [-0.3, -0.25) is 9.59 Å². The van der Waals surface area contributed by atoms with Crippen molar-refractivity contribution in [2.24, 2.45) is 0 Å². The molecule has 158 valence electrons. The van der Waals surface area contributed by atoms with Gasteiger partial charge in [-0.25, -0.2) is 0 Å². The molecule has 0 bridgehead atoms. The second-order valence-corrected chi connectivity index (χ2v) is 8.74. The van der Waals surface area contributed by atoms with Crippen molar-refractivity contribution in [1.82, 2.24) is 10.2 Å². The van der Waals surface area contributed by atoms with Crippen molar-refractivity contribution < 1.29 is 14.3 Å². The van der Waals surface area contributed by atoms with Gasteiger partial charge in [0.25, 0.3) is 5.91 Å². The molecule has 1 saturated carbocycles. The maximum absolute atomic E-state index is 13.7. The molecule has 1 N–H and O–H groups in total. The SMILES string of the molecule is CCC1=C(OC)C(=O)N(C2CCCC2)C(C(=O)NCc2ccccc2)c2ccsc21. The highest BCUT2D eigenvalue weighted by Crippen LogP contribution is 2.43. The van der Waals surface area contributed by atoms with Crippen LogP contribution in [0, 0.1) is 0 Å². The molecule has 2 aromatic rings. The highest BCUT2D eigenvalue weighted by Gasteiger charge is 2.43. The molecule has 30 heavy (non-hydrogen) atoms. The highest BCUT2D eigenvalue weighted by molar-refractivity contribution is 7.11. The minimum Gasteiger partial charge on any atom is -0.491 e. The Morgan fingerprint density at radius 1 is 1.20 bits per heavy atom. The lowest BCUT2D eigenvalue weighted by Crippen LogP contribution is -2.48. The molecule has 4 rings (SSSR count). The summed E-state index contributed by atoms with van der Waals surface area (Å²) in [5.74, 6) is 0.0857. The number of hydrogen-bond acceptors (Lipinski definition) is 4. The molecule has 1 atom stereocenters. The predicted molar refractivity (Wildman–Crippen MR) is 119 cm³/mol. The van der Waals surface area contributed by atoms with E-state index in [-0.39, 0.29) is 17.9 Å². The molecule has 0 radical (unpaired) electrons. The summed E-state index contributed by atoms with van der Waals surface area (Å²) < 4.78 is 5.62. The number of allylic oxidation sites excluding steroid dienone is 1. The first-order valence-electron chi connectivity index (χ1n) is 10.6. The van der Waals surface area contributed by atoms with E-state index in [0.29, 0.717) is 18.7 Å². The molecule has 0 spiro atoms. The first-order valence-corrected chi connectivity index (χ1v) is 11.5. The fourth-order valence-electron chi connectivity index (χ4n) is 4.64. The second kappa shape index (κ2) is 9.04. The number of methoxy groups -OCH3 is 1. The molecule has 1 unspecified atom stereocenters. The Labute approximate surface area is 181 Å². The van der Waals surface area contributed by atoms with Gasteiger partial charge in [0.05, 0.1) is 7.11 Å². The second-order valence-electron chi connectivity index (χ2n) is 7.83. The topological polar surface area (TPSA) is 58.6 Å². The third-order valence-corrected chi connectivity index (χ3v) is 7.07. The van der Waals surface area contributed by atoms with E-state index in [1.807, 2.05) is 48.7 Å². The molecule has 1 fully saturated rings. The lowest BCUT2D eigenvalue weighted by Gasteiger charge is -2.35. The molecular weight excluding hydrogens is 396 g/mol. The van der Waals surface area contributed by atoms with Crippen LogP contribution < -0.4 is 5.32 Å². The van der Waals surface area contributed by atoms with Crippen LogP contribution in [0.4, 0.5) is 0 Å². The molecule has 5 nitrogen and oxygen atoms in total. The van der Waals surface area contributed by atoms with Gasteiger partial charge in [0.2, 0.25) is 5.91 Å². The predicted octanol–water partition coefficient (Wildman–Crippen LogP) is 4.66. The minimum atomic E-state index is -0.639. The number of thiophene rings is 1. The molecule has 2 aliphatic rings. The molecular formula is C24H28N2O3S.